The van der Waals surface area contributed by atoms with Gasteiger partial charge in [0, 0.05) is 37.3 Å². The zero-order valence-corrected chi connectivity index (χ0v) is 10.4. The normalized spacial score (nSPS) is 16.1. The van der Waals surface area contributed by atoms with Gasteiger partial charge in [0.05, 0.1) is 0 Å². The number of nitrogens with one attached hydrogen (secondary N) is 1. The summed E-state index contributed by atoms with van der Waals surface area (Å²) in [5.41, 5.74) is 7.93. The maximum Gasteiger partial charge on any atom is 0.253 e. The van der Waals surface area contributed by atoms with Crippen LogP contribution in [0.4, 0.5) is 5.69 Å². The molecule has 0 aromatic heterocycles. The molecule has 3 N–H and O–H groups in total. The van der Waals surface area contributed by atoms with Gasteiger partial charge in [0.25, 0.3) is 5.91 Å². The van der Waals surface area contributed by atoms with Crippen LogP contribution in [-0.2, 0) is 4.79 Å². The minimum atomic E-state index is -0.0467. The Kier molecular flexibility index (Phi) is 3.50. The fourth-order valence-electron chi connectivity index (χ4n) is 1.96. The molecule has 1 saturated heterocycles. The molecule has 2 amide bonds. The first-order valence-corrected chi connectivity index (χ1v) is 6.00. The Morgan fingerprint density at radius 1 is 1.39 bits per heavy atom. The summed E-state index contributed by atoms with van der Waals surface area (Å²) in [4.78, 5) is 25.2. The van der Waals surface area contributed by atoms with Crippen LogP contribution in [0.3, 0.4) is 0 Å². The zero-order valence-electron chi connectivity index (χ0n) is 10.4. The molecule has 0 unspecified atom stereocenters. The number of benzene rings is 1. The molecule has 18 heavy (non-hydrogen) atoms. The first-order valence-electron chi connectivity index (χ1n) is 6.00. The molecule has 1 aliphatic rings. The van der Waals surface area contributed by atoms with Crippen molar-refractivity contribution >= 4 is 17.5 Å². The Labute approximate surface area is 106 Å². The molecule has 0 aliphatic carbocycles. The lowest BCUT2D eigenvalue weighted by molar-refractivity contribution is -0.120. The number of carbonyl (C=O) groups is 2. The molecule has 96 valence electrons. The van der Waals surface area contributed by atoms with Gasteiger partial charge in [0.1, 0.15) is 0 Å². The second kappa shape index (κ2) is 5.08. The van der Waals surface area contributed by atoms with Crippen LogP contribution in [-0.4, -0.2) is 36.3 Å². The molecule has 1 fully saturated rings. The lowest BCUT2D eigenvalue weighted by Crippen LogP contribution is -2.34. The molecule has 5 heteroatoms. The number of aryl methyl sites for hydroxylation is 1. The van der Waals surface area contributed by atoms with Crippen LogP contribution < -0.4 is 11.1 Å². The summed E-state index contributed by atoms with van der Waals surface area (Å²) in [5, 5.41) is 2.75. The fraction of sp³-hybridized carbons (Fsp3) is 0.385. The summed E-state index contributed by atoms with van der Waals surface area (Å²) in [6.45, 7) is 3.40. The van der Waals surface area contributed by atoms with E-state index in [9.17, 15) is 9.59 Å². The average Bonchev–Trinajstić information content (AvgIpc) is 2.57. The predicted octanol–water partition coefficient (Wildman–Crippen LogP) is 0.539. The van der Waals surface area contributed by atoms with E-state index < -0.39 is 0 Å². The summed E-state index contributed by atoms with van der Waals surface area (Å²) in [5.74, 6) is -0.0478. The van der Waals surface area contributed by atoms with E-state index in [1.807, 2.05) is 6.92 Å². The van der Waals surface area contributed by atoms with Crippen molar-refractivity contribution in [2.75, 3.05) is 25.4 Å². The quantitative estimate of drug-likeness (QED) is 0.711. The monoisotopic (exact) mass is 247 g/mol. The highest BCUT2D eigenvalue weighted by atomic mass is 16.2. The highest BCUT2D eigenvalue weighted by Gasteiger charge is 2.19. The smallest absolute Gasteiger partial charge is 0.253 e. The molecular formula is C13H17N3O2. The Hall–Kier alpha value is -2.04. The highest BCUT2D eigenvalue weighted by Crippen LogP contribution is 2.15. The zero-order chi connectivity index (χ0) is 13.1. The lowest BCUT2D eigenvalue weighted by atomic mass is 10.1. The Morgan fingerprint density at radius 2 is 2.17 bits per heavy atom. The standard InChI is InChI=1S/C13H17N3O2/c1-9-8-10(2-3-11(9)14)13(18)16-6-4-12(17)15-5-7-16/h2-3,8H,4-7,14H2,1H3,(H,15,17). The summed E-state index contributed by atoms with van der Waals surface area (Å²) in [6.07, 6.45) is 0.361. The first-order chi connectivity index (χ1) is 8.58. The van der Waals surface area contributed by atoms with Crippen LogP contribution in [0.15, 0.2) is 18.2 Å². The van der Waals surface area contributed by atoms with Gasteiger partial charge in [-0.15, -0.1) is 0 Å². The van der Waals surface area contributed by atoms with E-state index in [2.05, 4.69) is 5.32 Å². The Balaban J connectivity index is 2.14. The molecule has 1 heterocycles. The lowest BCUT2D eigenvalue weighted by Gasteiger charge is -2.19. The van der Waals surface area contributed by atoms with Crippen molar-refractivity contribution < 1.29 is 9.59 Å². The van der Waals surface area contributed by atoms with Crippen LogP contribution in [0.2, 0.25) is 0 Å². The molecule has 0 bridgehead atoms. The Morgan fingerprint density at radius 3 is 2.89 bits per heavy atom. The molecule has 2 rings (SSSR count). The number of amides is 2. The van der Waals surface area contributed by atoms with E-state index in [1.165, 1.54) is 0 Å². The van der Waals surface area contributed by atoms with Gasteiger partial charge in [-0.2, -0.15) is 0 Å². The van der Waals surface area contributed by atoms with E-state index >= 15 is 0 Å². The average molecular weight is 247 g/mol. The van der Waals surface area contributed by atoms with Gasteiger partial charge < -0.3 is 16.0 Å². The third-order valence-corrected chi connectivity index (χ3v) is 3.12. The minimum Gasteiger partial charge on any atom is -0.399 e. The third kappa shape index (κ3) is 2.61. The van der Waals surface area contributed by atoms with Crippen molar-refractivity contribution in [1.82, 2.24) is 10.2 Å². The van der Waals surface area contributed by atoms with E-state index in [1.54, 1.807) is 23.1 Å². The van der Waals surface area contributed by atoms with Gasteiger partial charge in [-0.1, -0.05) is 0 Å². The van der Waals surface area contributed by atoms with Crippen molar-refractivity contribution in [1.29, 1.82) is 0 Å². The Bertz CT molecular complexity index is 485. The predicted molar refractivity (Wildman–Crippen MR) is 69.1 cm³/mol. The summed E-state index contributed by atoms with van der Waals surface area (Å²) in [6, 6.07) is 5.26. The van der Waals surface area contributed by atoms with Gasteiger partial charge >= 0.3 is 0 Å². The van der Waals surface area contributed by atoms with Crippen molar-refractivity contribution in [2.45, 2.75) is 13.3 Å². The summed E-state index contributed by atoms with van der Waals surface area (Å²) in [7, 11) is 0. The second-order valence-corrected chi connectivity index (χ2v) is 4.46. The maximum atomic E-state index is 12.3. The maximum absolute atomic E-state index is 12.3. The van der Waals surface area contributed by atoms with E-state index in [-0.39, 0.29) is 11.8 Å². The van der Waals surface area contributed by atoms with Crippen molar-refractivity contribution in [3.05, 3.63) is 29.3 Å². The molecule has 0 saturated carbocycles. The molecule has 0 radical (unpaired) electrons. The largest absolute Gasteiger partial charge is 0.399 e. The van der Waals surface area contributed by atoms with Crippen LogP contribution in [0.5, 0.6) is 0 Å². The van der Waals surface area contributed by atoms with E-state index in [0.29, 0.717) is 37.3 Å². The summed E-state index contributed by atoms with van der Waals surface area (Å²) < 4.78 is 0. The number of hydrogen-bond acceptors (Lipinski definition) is 3. The summed E-state index contributed by atoms with van der Waals surface area (Å²) >= 11 is 0. The first kappa shape index (κ1) is 12.4. The number of carbonyl (C=O) groups excluding carboxylic acids is 2. The SMILES string of the molecule is Cc1cc(C(=O)N2CCNC(=O)CC2)ccc1N. The van der Waals surface area contributed by atoms with Gasteiger partial charge in [-0.05, 0) is 30.7 Å². The molecular weight excluding hydrogens is 230 g/mol. The number of nitrogen functional groups attached to an aromatic ring is 1. The van der Waals surface area contributed by atoms with Gasteiger partial charge in [-0.3, -0.25) is 9.59 Å². The number of rotatable bonds is 1. The van der Waals surface area contributed by atoms with E-state index in [0.717, 1.165) is 5.56 Å². The minimum absolute atomic E-state index is 0.00112. The van der Waals surface area contributed by atoms with E-state index in [4.69, 9.17) is 5.73 Å². The molecule has 5 nitrogen and oxygen atoms in total. The van der Waals surface area contributed by atoms with Crippen molar-refractivity contribution in [3.63, 3.8) is 0 Å². The number of hydrogen-bond donors (Lipinski definition) is 2. The van der Waals surface area contributed by atoms with Crippen LogP contribution in [0.25, 0.3) is 0 Å². The van der Waals surface area contributed by atoms with Crippen LogP contribution >= 0.6 is 0 Å². The number of anilines is 1. The van der Waals surface area contributed by atoms with Crippen molar-refractivity contribution in [3.8, 4) is 0 Å². The third-order valence-electron chi connectivity index (χ3n) is 3.12. The van der Waals surface area contributed by atoms with Gasteiger partial charge in [-0.25, -0.2) is 0 Å². The van der Waals surface area contributed by atoms with Crippen LogP contribution in [0, 0.1) is 6.92 Å². The number of nitrogens with two attached hydrogens (primary N) is 1. The topological polar surface area (TPSA) is 75.4 Å². The highest BCUT2D eigenvalue weighted by molar-refractivity contribution is 5.95. The van der Waals surface area contributed by atoms with Crippen molar-refractivity contribution in [2.24, 2.45) is 0 Å². The van der Waals surface area contributed by atoms with Gasteiger partial charge in [0.15, 0.2) is 0 Å². The second-order valence-electron chi connectivity index (χ2n) is 4.46. The van der Waals surface area contributed by atoms with Gasteiger partial charge in [0.2, 0.25) is 5.91 Å². The molecule has 1 aromatic rings. The molecule has 0 atom stereocenters. The molecule has 0 spiro atoms. The number of nitrogens with zero attached hydrogens (tertiary/aromatic N) is 1. The van der Waals surface area contributed by atoms with Crippen LogP contribution in [0.1, 0.15) is 22.3 Å². The fourth-order valence-corrected chi connectivity index (χ4v) is 1.96. The molecule has 1 aromatic carbocycles. The molecule has 1 aliphatic heterocycles.